The fourth-order valence-electron chi connectivity index (χ4n) is 2.72. The van der Waals surface area contributed by atoms with Gasteiger partial charge in [-0.15, -0.1) is 0 Å². The van der Waals surface area contributed by atoms with Crippen LogP contribution in [0.2, 0.25) is 0 Å². The molecule has 0 bridgehead atoms. The van der Waals surface area contributed by atoms with E-state index < -0.39 is 10.1 Å². The van der Waals surface area contributed by atoms with Crippen LogP contribution in [-0.4, -0.2) is 67.9 Å². The molecule has 8 heteroatoms. The lowest BCUT2D eigenvalue weighted by atomic mass is 10.1. The molecule has 180 valence electrons. The fourth-order valence-corrected chi connectivity index (χ4v) is 3.61. The number of hydrogen-bond acceptors (Lipinski definition) is 7. The zero-order valence-corrected chi connectivity index (χ0v) is 20.0. The first kappa shape index (κ1) is 28.0. The summed E-state index contributed by atoms with van der Waals surface area (Å²) in [5.41, 5.74) is 0.990. The van der Waals surface area contributed by atoms with E-state index in [0.717, 1.165) is 18.6 Å². The highest BCUT2D eigenvalue weighted by Crippen LogP contribution is 2.12. The van der Waals surface area contributed by atoms with Crippen molar-refractivity contribution >= 4 is 10.1 Å². The number of rotatable bonds is 21. The zero-order chi connectivity index (χ0) is 22.6. The topological polar surface area (TPSA) is 80.3 Å². The van der Waals surface area contributed by atoms with Crippen molar-refractivity contribution in [2.45, 2.75) is 57.3 Å². The molecule has 0 aliphatic rings. The second-order valence-electron chi connectivity index (χ2n) is 7.31. The van der Waals surface area contributed by atoms with Gasteiger partial charge in [0.25, 0.3) is 10.1 Å². The number of benzene rings is 1. The first-order valence-corrected chi connectivity index (χ1v) is 12.7. The second kappa shape index (κ2) is 18.5. The van der Waals surface area contributed by atoms with E-state index in [-0.39, 0.29) is 18.1 Å². The zero-order valence-electron chi connectivity index (χ0n) is 19.2. The van der Waals surface area contributed by atoms with Gasteiger partial charge in [-0.1, -0.05) is 56.7 Å². The minimum absolute atomic E-state index is 0.0297. The van der Waals surface area contributed by atoms with Gasteiger partial charge in [-0.05, 0) is 25.5 Å². The van der Waals surface area contributed by atoms with E-state index in [0.29, 0.717) is 39.6 Å². The molecule has 31 heavy (non-hydrogen) atoms. The summed E-state index contributed by atoms with van der Waals surface area (Å²) in [4.78, 5) is 0.147. The minimum atomic E-state index is -3.74. The Balaban J connectivity index is 1.82. The molecule has 0 radical (unpaired) electrons. The fraction of sp³-hybridized carbons (Fsp3) is 0.739. The molecular formula is C23H40O7S. The van der Waals surface area contributed by atoms with Crippen LogP contribution >= 0.6 is 0 Å². The number of ether oxygens (including phenoxy) is 4. The van der Waals surface area contributed by atoms with Gasteiger partial charge in [0.2, 0.25) is 0 Å². The molecule has 0 N–H and O–H groups in total. The van der Waals surface area contributed by atoms with Crippen LogP contribution in [0.25, 0.3) is 0 Å². The maximum Gasteiger partial charge on any atom is 0.297 e. The highest BCUT2D eigenvalue weighted by Gasteiger charge is 2.14. The molecule has 0 heterocycles. The smallest absolute Gasteiger partial charge is 0.297 e. The summed E-state index contributed by atoms with van der Waals surface area (Å²) in [5, 5.41) is 0. The average Bonchev–Trinajstić information content (AvgIpc) is 2.75. The lowest BCUT2D eigenvalue weighted by Gasteiger charge is -2.08. The van der Waals surface area contributed by atoms with E-state index >= 15 is 0 Å². The normalized spacial score (nSPS) is 11.8. The molecule has 0 aliphatic heterocycles. The summed E-state index contributed by atoms with van der Waals surface area (Å²) < 4.78 is 50.7. The van der Waals surface area contributed by atoms with E-state index in [2.05, 4.69) is 6.92 Å². The van der Waals surface area contributed by atoms with Gasteiger partial charge in [-0.3, -0.25) is 4.18 Å². The van der Waals surface area contributed by atoms with Gasteiger partial charge in [-0.2, -0.15) is 8.42 Å². The molecular weight excluding hydrogens is 420 g/mol. The molecule has 0 amide bonds. The summed E-state index contributed by atoms with van der Waals surface area (Å²) in [6.07, 6.45) is 7.60. The van der Waals surface area contributed by atoms with Crippen molar-refractivity contribution < 1.29 is 31.5 Å². The summed E-state index contributed by atoms with van der Waals surface area (Å²) in [5.74, 6) is 0. The van der Waals surface area contributed by atoms with Crippen LogP contribution in [0.15, 0.2) is 29.2 Å². The number of hydrogen-bond donors (Lipinski definition) is 0. The van der Waals surface area contributed by atoms with Gasteiger partial charge >= 0.3 is 0 Å². The molecule has 0 atom stereocenters. The Morgan fingerprint density at radius 1 is 0.613 bits per heavy atom. The quantitative estimate of drug-likeness (QED) is 0.202. The third-order valence-electron chi connectivity index (χ3n) is 4.53. The maximum absolute atomic E-state index is 12.0. The third-order valence-corrected chi connectivity index (χ3v) is 5.86. The largest absolute Gasteiger partial charge is 0.379 e. The van der Waals surface area contributed by atoms with Crippen LogP contribution in [0.5, 0.6) is 0 Å². The van der Waals surface area contributed by atoms with Crippen molar-refractivity contribution in [2.75, 3.05) is 59.5 Å². The average molecular weight is 461 g/mol. The SMILES string of the molecule is CCCCCCCCOCCOCCOCCOCCOS(=O)(=O)c1ccc(C)cc1. The minimum Gasteiger partial charge on any atom is -0.379 e. The molecule has 0 aromatic heterocycles. The molecule has 0 fully saturated rings. The molecule has 0 saturated heterocycles. The first-order valence-electron chi connectivity index (χ1n) is 11.3. The van der Waals surface area contributed by atoms with E-state index in [1.807, 2.05) is 6.92 Å². The van der Waals surface area contributed by atoms with Crippen molar-refractivity contribution in [3.8, 4) is 0 Å². The maximum atomic E-state index is 12.0. The molecule has 0 aliphatic carbocycles. The van der Waals surface area contributed by atoms with Crippen LogP contribution in [0, 0.1) is 6.92 Å². The lowest BCUT2D eigenvalue weighted by molar-refractivity contribution is -0.00468. The summed E-state index contributed by atoms with van der Waals surface area (Å²) in [6, 6.07) is 6.53. The van der Waals surface area contributed by atoms with E-state index in [1.54, 1.807) is 12.1 Å². The van der Waals surface area contributed by atoms with Crippen molar-refractivity contribution in [2.24, 2.45) is 0 Å². The Morgan fingerprint density at radius 3 is 1.61 bits per heavy atom. The number of unbranched alkanes of at least 4 members (excludes halogenated alkanes) is 5. The van der Waals surface area contributed by atoms with E-state index in [4.69, 9.17) is 23.1 Å². The highest BCUT2D eigenvalue weighted by molar-refractivity contribution is 7.86. The van der Waals surface area contributed by atoms with Crippen molar-refractivity contribution in [1.82, 2.24) is 0 Å². The molecule has 7 nitrogen and oxygen atoms in total. The Morgan fingerprint density at radius 2 is 1.06 bits per heavy atom. The number of aryl methyl sites for hydroxylation is 1. The van der Waals surface area contributed by atoms with Crippen molar-refractivity contribution in [3.63, 3.8) is 0 Å². The highest BCUT2D eigenvalue weighted by atomic mass is 32.2. The van der Waals surface area contributed by atoms with Crippen molar-refractivity contribution in [3.05, 3.63) is 29.8 Å². The molecule has 1 aromatic carbocycles. The van der Waals surface area contributed by atoms with Crippen LogP contribution in [-0.2, 0) is 33.2 Å². The summed E-state index contributed by atoms with van der Waals surface area (Å²) in [6.45, 7) is 8.05. The Hall–Kier alpha value is -1.03. The van der Waals surface area contributed by atoms with Crippen LogP contribution in [0.1, 0.15) is 51.0 Å². The standard InChI is InChI=1S/C23H40O7S/c1-3-4-5-6-7-8-13-26-14-15-27-16-17-28-18-19-29-20-21-30-31(24,25)23-11-9-22(2)10-12-23/h9-12H,3-8,13-21H2,1-2H3. The van der Waals surface area contributed by atoms with Gasteiger partial charge in [0, 0.05) is 6.61 Å². The van der Waals surface area contributed by atoms with E-state index in [9.17, 15) is 8.42 Å². The molecule has 0 spiro atoms. The Bertz CT molecular complexity index is 632. The predicted octanol–water partition coefficient (Wildman–Crippen LogP) is 4.13. The van der Waals surface area contributed by atoms with Crippen molar-refractivity contribution in [1.29, 1.82) is 0 Å². The molecule has 1 rings (SSSR count). The van der Waals surface area contributed by atoms with Gasteiger partial charge in [0.1, 0.15) is 0 Å². The Labute approximate surface area is 188 Å². The van der Waals surface area contributed by atoms with Gasteiger partial charge in [0.05, 0.1) is 57.8 Å². The van der Waals surface area contributed by atoms with Gasteiger partial charge in [0.15, 0.2) is 0 Å². The van der Waals surface area contributed by atoms with Crippen LogP contribution < -0.4 is 0 Å². The van der Waals surface area contributed by atoms with E-state index in [1.165, 1.54) is 44.2 Å². The summed E-state index contributed by atoms with van der Waals surface area (Å²) >= 11 is 0. The molecule has 0 saturated carbocycles. The monoisotopic (exact) mass is 460 g/mol. The third kappa shape index (κ3) is 15.4. The summed E-state index contributed by atoms with van der Waals surface area (Å²) in [7, 11) is -3.74. The molecule has 0 unspecified atom stereocenters. The molecule has 1 aromatic rings. The predicted molar refractivity (Wildman–Crippen MR) is 121 cm³/mol. The van der Waals surface area contributed by atoms with Gasteiger partial charge in [-0.25, -0.2) is 0 Å². The Kier molecular flexibility index (Phi) is 16.7. The van der Waals surface area contributed by atoms with Crippen LogP contribution in [0.4, 0.5) is 0 Å². The van der Waals surface area contributed by atoms with Crippen LogP contribution in [0.3, 0.4) is 0 Å². The second-order valence-corrected chi connectivity index (χ2v) is 8.92. The van der Waals surface area contributed by atoms with Gasteiger partial charge < -0.3 is 18.9 Å². The first-order chi connectivity index (χ1) is 15.1. The lowest BCUT2D eigenvalue weighted by Crippen LogP contribution is -2.15.